The largest absolute Gasteiger partial charge is 0.329 e. The van der Waals surface area contributed by atoms with Gasteiger partial charge in [0.05, 0.1) is 0 Å². The van der Waals surface area contributed by atoms with E-state index in [4.69, 9.17) is 23.2 Å². The molecular formula is C6H20N6. The van der Waals surface area contributed by atoms with Crippen LogP contribution >= 0.6 is 0 Å². The Morgan fingerprint density at radius 1 is 0.667 bits per heavy atom. The van der Waals surface area contributed by atoms with Gasteiger partial charge in [0.2, 0.25) is 0 Å². The number of hydrazine groups is 2. The molecule has 74 valence electrons. The van der Waals surface area contributed by atoms with Gasteiger partial charge in [0.1, 0.15) is 0 Å². The average molecular weight is 176 g/mol. The lowest BCUT2D eigenvalue weighted by atomic mass is 10.5. The first-order valence-electron chi connectivity index (χ1n) is 4.10. The summed E-state index contributed by atoms with van der Waals surface area (Å²) in [5, 5.41) is 3.30. The van der Waals surface area contributed by atoms with Crippen LogP contribution in [0.4, 0.5) is 0 Å². The smallest absolute Gasteiger partial charge is 0.0270 e. The van der Waals surface area contributed by atoms with Crippen LogP contribution in [0.25, 0.3) is 0 Å². The van der Waals surface area contributed by atoms with E-state index in [0.29, 0.717) is 39.3 Å². The van der Waals surface area contributed by atoms with Crippen LogP contribution in [0.15, 0.2) is 0 Å². The second-order valence-corrected chi connectivity index (χ2v) is 2.65. The van der Waals surface area contributed by atoms with Crippen molar-refractivity contribution in [2.75, 3.05) is 39.3 Å². The van der Waals surface area contributed by atoms with Crippen LogP contribution < -0.4 is 23.2 Å². The van der Waals surface area contributed by atoms with Gasteiger partial charge < -0.3 is 11.5 Å². The first-order valence-corrected chi connectivity index (χ1v) is 4.10. The number of hydrogen-bond acceptors (Lipinski definition) is 6. The van der Waals surface area contributed by atoms with E-state index in [-0.39, 0.29) is 0 Å². The monoisotopic (exact) mass is 176 g/mol. The van der Waals surface area contributed by atoms with Crippen molar-refractivity contribution in [1.82, 2.24) is 10.0 Å². The summed E-state index contributed by atoms with van der Waals surface area (Å²) in [7, 11) is 0. The molecule has 12 heavy (non-hydrogen) atoms. The number of nitrogens with two attached hydrogens (primary N) is 4. The Kier molecular flexibility index (Phi) is 7.26. The van der Waals surface area contributed by atoms with Gasteiger partial charge in [-0.1, -0.05) is 0 Å². The lowest BCUT2D eigenvalue weighted by Crippen LogP contribution is -2.45. The Morgan fingerprint density at radius 3 is 1.25 bits per heavy atom. The molecule has 0 aromatic rings. The van der Waals surface area contributed by atoms with Crippen LogP contribution in [-0.2, 0) is 0 Å². The minimum absolute atomic E-state index is 0.567. The Bertz CT molecular complexity index is 86.0. The summed E-state index contributed by atoms with van der Waals surface area (Å²) in [4.78, 5) is 0. The van der Waals surface area contributed by atoms with E-state index >= 15 is 0 Å². The van der Waals surface area contributed by atoms with Crippen molar-refractivity contribution in [3.63, 3.8) is 0 Å². The SMILES string of the molecule is NCCN(N)CCN(N)CCN. The molecule has 0 fully saturated rings. The molecule has 0 aromatic heterocycles. The van der Waals surface area contributed by atoms with E-state index in [0.717, 1.165) is 0 Å². The van der Waals surface area contributed by atoms with Crippen LogP contribution in [0.2, 0.25) is 0 Å². The third kappa shape index (κ3) is 6.47. The molecule has 0 aliphatic rings. The Labute approximate surface area is 73.4 Å². The van der Waals surface area contributed by atoms with Gasteiger partial charge in [-0.25, -0.2) is 10.0 Å². The molecule has 0 bridgehead atoms. The van der Waals surface area contributed by atoms with E-state index in [1.807, 2.05) is 0 Å². The Hall–Kier alpha value is -0.240. The molecule has 0 aliphatic carbocycles. The lowest BCUT2D eigenvalue weighted by Gasteiger charge is -2.20. The van der Waals surface area contributed by atoms with Crippen LogP contribution in [-0.4, -0.2) is 49.3 Å². The van der Waals surface area contributed by atoms with E-state index in [1.54, 1.807) is 10.0 Å². The zero-order chi connectivity index (χ0) is 9.40. The number of nitrogens with zero attached hydrogens (tertiary/aromatic N) is 2. The fraction of sp³-hybridized carbons (Fsp3) is 1.00. The summed E-state index contributed by atoms with van der Waals surface area (Å²) < 4.78 is 0. The van der Waals surface area contributed by atoms with Crippen molar-refractivity contribution in [3.05, 3.63) is 0 Å². The van der Waals surface area contributed by atoms with Gasteiger partial charge >= 0.3 is 0 Å². The summed E-state index contributed by atoms with van der Waals surface area (Å²) in [5.41, 5.74) is 10.6. The molecule has 0 heterocycles. The zero-order valence-electron chi connectivity index (χ0n) is 7.45. The first kappa shape index (κ1) is 11.8. The fourth-order valence-electron chi connectivity index (χ4n) is 0.812. The van der Waals surface area contributed by atoms with Crippen LogP contribution in [0.3, 0.4) is 0 Å². The molecule has 0 saturated carbocycles. The minimum Gasteiger partial charge on any atom is -0.329 e. The molecular weight excluding hydrogens is 156 g/mol. The molecule has 6 nitrogen and oxygen atoms in total. The van der Waals surface area contributed by atoms with E-state index in [1.165, 1.54) is 0 Å². The highest BCUT2D eigenvalue weighted by Crippen LogP contribution is 1.79. The van der Waals surface area contributed by atoms with E-state index in [2.05, 4.69) is 0 Å². The normalized spacial score (nSPS) is 11.5. The van der Waals surface area contributed by atoms with Crippen molar-refractivity contribution < 1.29 is 0 Å². The summed E-state index contributed by atoms with van der Waals surface area (Å²) in [6.45, 7) is 3.95. The maximum Gasteiger partial charge on any atom is 0.0270 e. The topological polar surface area (TPSA) is 111 Å². The Balaban J connectivity index is 3.27. The van der Waals surface area contributed by atoms with Gasteiger partial charge in [0.15, 0.2) is 0 Å². The second kappa shape index (κ2) is 7.41. The van der Waals surface area contributed by atoms with Gasteiger partial charge in [-0.15, -0.1) is 0 Å². The van der Waals surface area contributed by atoms with E-state index in [9.17, 15) is 0 Å². The molecule has 6 heteroatoms. The maximum atomic E-state index is 5.57. The third-order valence-electron chi connectivity index (χ3n) is 1.51. The molecule has 8 N–H and O–H groups in total. The lowest BCUT2D eigenvalue weighted by molar-refractivity contribution is 0.215. The Morgan fingerprint density at radius 2 is 1.00 bits per heavy atom. The van der Waals surface area contributed by atoms with Crippen molar-refractivity contribution in [2.45, 2.75) is 0 Å². The van der Waals surface area contributed by atoms with Crippen molar-refractivity contribution in [3.8, 4) is 0 Å². The van der Waals surface area contributed by atoms with E-state index < -0.39 is 0 Å². The summed E-state index contributed by atoms with van der Waals surface area (Å²) >= 11 is 0. The van der Waals surface area contributed by atoms with Crippen molar-refractivity contribution in [2.24, 2.45) is 23.2 Å². The first-order chi connectivity index (χ1) is 5.70. The van der Waals surface area contributed by atoms with Gasteiger partial charge in [-0.2, -0.15) is 0 Å². The van der Waals surface area contributed by atoms with Gasteiger partial charge in [0, 0.05) is 39.3 Å². The standard InChI is InChI=1S/C6H20N6/c7-1-3-11(9)5-6-12(10)4-2-8/h1-10H2. The molecule has 0 amide bonds. The highest BCUT2D eigenvalue weighted by molar-refractivity contribution is 4.54. The fourth-order valence-corrected chi connectivity index (χ4v) is 0.812. The molecule has 0 atom stereocenters. The highest BCUT2D eigenvalue weighted by Gasteiger charge is 2.00. The molecule has 0 rings (SSSR count). The molecule has 0 aliphatic heterocycles. The maximum absolute atomic E-state index is 5.57. The molecule has 0 saturated heterocycles. The summed E-state index contributed by atoms with van der Waals surface area (Å²) in [6, 6.07) is 0. The summed E-state index contributed by atoms with van der Waals surface area (Å²) in [6.07, 6.45) is 0. The quantitative estimate of drug-likeness (QED) is 0.247. The molecule has 0 spiro atoms. The predicted octanol–water partition coefficient (Wildman–Crippen LogP) is -2.74. The van der Waals surface area contributed by atoms with Gasteiger partial charge in [0.25, 0.3) is 0 Å². The zero-order valence-corrected chi connectivity index (χ0v) is 7.45. The number of hydrogen-bond donors (Lipinski definition) is 4. The predicted molar refractivity (Wildman–Crippen MR) is 49.6 cm³/mol. The summed E-state index contributed by atoms with van der Waals surface area (Å²) in [5.74, 6) is 11.1. The molecule has 0 aromatic carbocycles. The van der Waals surface area contributed by atoms with Gasteiger partial charge in [-0.3, -0.25) is 11.7 Å². The third-order valence-corrected chi connectivity index (χ3v) is 1.51. The van der Waals surface area contributed by atoms with Gasteiger partial charge in [-0.05, 0) is 0 Å². The molecule has 0 radical (unpaired) electrons. The molecule has 0 unspecified atom stereocenters. The average Bonchev–Trinajstić information content (AvgIpc) is 2.02. The van der Waals surface area contributed by atoms with Crippen LogP contribution in [0, 0.1) is 0 Å². The minimum atomic E-state index is 0.567. The van der Waals surface area contributed by atoms with Crippen LogP contribution in [0.1, 0.15) is 0 Å². The van der Waals surface area contributed by atoms with Crippen LogP contribution in [0.5, 0.6) is 0 Å². The number of rotatable bonds is 7. The highest BCUT2D eigenvalue weighted by atomic mass is 15.4. The van der Waals surface area contributed by atoms with Crippen molar-refractivity contribution in [1.29, 1.82) is 0 Å². The van der Waals surface area contributed by atoms with Crippen molar-refractivity contribution >= 4 is 0 Å². The second-order valence-electron chi connectivity index (χ2n) is 2.65.